The summed E-state index contributed by atoms with van der Waals surface area (Å²) in [5, 5.41) is 6.28. The molecule has 0 unspecified atom stereocenters. The maximum Gasteiger partial charge on any atom is 0.296 e. The van der Waals surface area contributed by atoms with Gasteiger partial charge in [-0.1, -0.05) is 16.8 Å². The summed E-state index contributed by atoms with van der Waals surface area (Å²) in [6.45, 7) is 1.72. The minimum absolute atomic E-state index is 0.0982. The van der Waals surface area contributed by atoms with Gasteiger partial charge in [-0.05, 0) is 13.0 Å². The van der Waals surface area contributed by atoms with Crippen LogP contribution in [-0.4, -0.2) is 21.0 Å². The fraction of sp³-hybridized carbons (Fsp3) is 0.111. The van der Waals surface area contributed by atoms with E-state index in [2.05, 4.69) is 20.4 Å². The van der Waals surface area contributed by atoms with Gasteiger partial charge in [0.15, 0.2) is 0 Å². The summed E-state index contributed by atoms with van der Waals surface area (Å²) in [6.07, 6.45) is 1.44. The van der Waals surface area contributed by atoms with E-state index < -0.39 is 5.91 Å². The minimum Gasteiger partial charge on any atom is -0.351 e. The summed E-state index contributed by atoms with van der Waals surface area (Å²) in [6, 6.07) is 3.02. The molecule has 0 radical (unpaired) electrons. The largest absolute Gasteiger partial charge is 0.351 e. The molecule has 0 atom stereocenters. The van der Waals surface area contributed by atoms with Crippen molar-refractivity contribution in [3.63, 3.8) is 0 Å². The summed E-state index contributed by atoms with van der Waals surface area (Å²) in [5.74, 6) is -0.254. The van der Waals surface area contributed by atoms with Crippen LogP contribution in [0.5, 0.6) is 0 Å². The Morgan fingerprint density at radius 2 is 2.38 bits per heavy atom. The van der Waals surface area contributed by atoms with E-state index in [1.165, 1.54) is 18.3 Å². The number of hydrogen-bond acceptors (Lipinski definition) is 5. The summed E-state index contributed by atoms with van der Waals surface area (Å²) >= 11 is 5.64. The molecular formula is C9H7ClN4O2. The van der Waals surface area contributed by atoms with E-state index in [0.717, 1.165) is 0 Å². The third-order valence-corrected chi connectivity index (χ3v) is 1.91. The van der Waals surface area contributed by atoms with Gasteiger partial charge in [-0.3, -0.25) is 10.1 Å². The Labute approximate surface area is 95.6 Å². The van der Waals surface area contributed by atoms with Crippen molar-refractivity contribution in [3.05, 3.63) is 34.9 Å². The molecule has 1 amide bonds. The Morgan fingerprint density at radius 3 is 3.00 bits per heavy atom. The molecule has 2 aromatic heterocycles. The van der Waals surface area contributed by atoms with E-state index in [0.29, 0.717) is 5.69 Å². The monoisotopic (exact) mass is 238 g/mol. The SMILES string of the molecule is Cc1cc(C(=O)Nc2nccc(Cl)n2)on1. The van der Waals surface area contributed by atoms with E-state index in [-0.39, 0.29) is 16.9 Å². The normalized spacial score (nSPS) is 10.1. The lowest BCUT2D eigenvalue weighted by Crippen LogP contribution is -2.13. The van der Waals surface area contributed by atoms with Crippen molar-refractivity contribution in [1.82, 2.24) is 15.1 Å². The summed E-state index contributed by atoms with van der Waals surface area (Å²) in [5.41, 5.74) is 0.622. The van der Waals surface area contributed by atoms with E-state index in [1.807, 2.05) is 0 Å². The molecule has 2 rings (SSSR count). The van der Waals surface area contributed by atoms with Crippen LogP contribution in [0.4, 0.5) is 5.95 Å². The Hall–Kier alpha value is -1.95. The maximum atomic E-state index is 11.6. The van der Waals surface area contributed by atoms with Gasteiger partial charge in [0.05, 0.1) is 5.69 Å². The van der Waals surface area contributed by atoms with Crippen molar-refractivity contribution in [2.75, 3.05) is 5.32 Å². The number of aromatic nitrogens is 3. The van der Waals surface area contributed by atoms with Gasteiger partial charge in [-0.15, -0.1) is 0 Å². The number of carbonyl (C=O) groups is 1. The molecule has 0 aliphatic carbocycles. The Bertz CT molecular complexity index is 526. The number of hydrogen-bond donors (Lipinski definition) is 1. The first-order valence-corrected chi connectivity index (χ1v) is 4.76. The molecule has 2 aromatic rings. The van der Waals surface area contributed by atoms with Crippen LogP contribution in [0, 0.1) is 6.92 Å². The molecule has 0 fully saturated rings. The molecule has 82 valence electrons. The molecule has 6 nitrogen and oxygen atoms in total. The molecule has 1 N–H and O–H groups in total. The zero-order chi connectivity index (χ0) is 11.5. The first-order chi connectivity index (χ1) is 7.65. The average Bonchev–Trinajstić information content (AvgIpc) is 2.65. The predicted molar refractivity (Wildman–Crippen MR) is 56.2 cm³/mol. The van der Waals surface area contributed by atoms with Gasteiger partial charge in [0.1, 0.15) is 5.15 Å². The van der Waals surface area contributed by atoms with Gasteiger partial charge in [0.2, 0.25) is 11.7 Å². The summed E-state index contributed by atoms with van der Waals surface area (Å²) in [7, 11) is 0. The molecule has 7 heteroatoms. The van der Waals surface area contributed by atoms with Gasteiger partial charge >= 0.3 is 0 Å². The lowest BCUT2D eigenvalue weighted by molar-refractivity contribution is 0.0987. The van der Waals surface area contributed by atoms with Crippen molar-refractivity contribution < 1.29 is 9.32 Å². The number of amides is 1. The number of aryl methyl sites for hydroxylation is 1. The Morgan fingerprint density at radius 1 is 1.56 bits per heavy atom. The summed E-state index contributed by atoms with van der Waals surface area (Å²) in [4.78, 5) is 19.2. The van der Waals surface area contributed by atoms with Crippen LogP contribution in [-0.2, 0) is 0 Å². The predicted octanol–water partition coefficient (Wildman–Crippen LogP) is 1.68. The van der Waals surface area contributed by atoms with E-state index in [4.69, 9.17) is 16.1 Å². The fourth-order valence-corrected chi connectivity index (χ4v) is 1.17. The van der Waals surface area contributed by atoms with Crippen LogP contribution in [0.15, 0.2) is 22.9 Å². The number of nitrogens with zero attached hydrogens (tertiary/aromatic N) is 3. The zero-order valence-corrected chi connectivity index (χ0v) is 9.02. The molecular weight excluding hydrogens is 232 g/mol. The van der Waals surface area contributed by atoms with Crippen LogP contribution in [0.2, 0.25) is 5.15 Å². The highest BCUT2D eigenvalue weighted by Crippen LogP contribution is 2.08. The second-order valence-corrected chi connectivity index (χ2v) is 3.38. The third kappa shape index (κ3) is 2.34. The first kappa shape index (κ1) is 10.6. The van der Waals surface area contributed by atoms with Crippen LogP contribution in [0.25, 0.3) is 0 Å². The fourth-order valence-electron chi connectivity index (χ4n) is 1.03. The molecule has 16 heavy (non-hydrogen) atoms. The van der Waals surface area contributed by atoms with Gasteiger partial charge in [0.25, 0.3) is 5.91 Å². The van der Waals surface area contributed by atoms with Gasteiger partial charge in [-0.2, -0.15) is 0 Å². The molecule has 0 aromatic carbocycles. The van der Waals surface area contributed by atoms with Crippen LogP contribution in [0.1, 0.15) is 16.2 Å². The topological polar surface area (TPSA) is 80.9 Å². The number of carbonyl (C=O) groups excluding carboxylic acids is 1. The lowest BCUT2D eigenvalue weighted by Gasteiger charge is -1.99. The van der Waals surface area contributed by atoms with Crippen molar-refractivity contribution in [2.45, 2.75) is 6.92 Å². The number of nitrogens with one attached hydrogen (secondary N) is 1. The third-order valence-electron chi connectivity index (χ3n) is 1.70. The highest BCUT2D eigenvalue weighted by molar-refractivity contribution is 6.29. The van der Waals surface area contributed by atoms with Gasteiger partial charge < -0.3 is 4.52 Å². The lowest BCUT2D eigenvalue weighted by atomic mass is 10.4. The van der Waals surface area contributed by atoms with E-state index in [9.17, 15) is 4.79 Å². The average molecular weight is 239 g/mol. The minimum atomic E-state index is -0.470. The Kier molecular flexibility index (Phi) is 2.82. The zero-order valence-electron chi connectivity index (χ0n) is 8.27. The van der Waals surface area contributed by atoms with Crippen LogP contribution in [0.3, 0.4) is 0 Å². The van der Waals surface area contributed by atoms with Crippen LogP contribution >= 0.6 is 11.6 Å². The highest BCUT2D eigenvalue weighted by atomic mass is 35.5. The quantitative estimate of drug-likeness (QED) is 0.805. The molecule has 0 aliphatic heterocycles. The molecule has 0 spiro atoms. The van der Waals surface area contributed by atoms with Crippen molar-refractivity contribution >= 4 is 23.5 Å². The van der Waals surface area contributed by atoms with Gasteiger partial charge in [-0.25, -0.2) is 9.97 Å². The Balaban J connectivity index is 2.13. The smallest absolute Gasteiger partial charge is 0.296 e. The molecule has 0 saturated carbocycles. The maximum absolute atomic E-state index is 11.6. The second-order valence-electron chi connectivity index (χ2n) is 2.99. The van der Waals surface area contributed by atoms with E-state index in [1.54, 1.807) is 6.92 Å². The van der Waals surface area contributed by atoms with Crippen molar-refractivity contribution in [2.24, 2.45) is 0 Å². The summed E-state index contributed by atoms with van der Waals surface area (Å²) < 4.78 is 4.78. The number of rotatable bonds is 2. The van der Waals surface area contributed by atoms with Gasteiger partial charge in [0, 0.05) is 12.3 Å². The number of anilines is 1. The number of halogens is 1. The van der Waals surface area contributed by atoms with Crippen molar-refractivity contribution in [3.8, 4) is 0 Å². The first-order valence-electron chi connectivity index (χ1n) is 4.38. The highest BCUT2D eigenvalue weighted by Gasteiger charge is 2.12. The molecule has 2 heterocycles. The standard InChI is InChI=1S/C9H7ClN4O2/c1-5-4-6(16-14-5)8(15)13-9-11-3-2-7(10)12-9/h2-4H,1H3,(H,11,12,13,15). The second kappa shape index (κ2) is 4.28. The van der Waals surface area contributed by atoms with Crippen molar-refractivity contribution in [1.29, 1.82) is 0 Å². The molecule has 0 aliphatic rings. The molecule has 0 bridgehead atoms. The van der Waals surface area contributed by atoms with Crippen LogP contribution < -0.4 is 5.32 Å². The van der Waals surface area contributed by atoms with E-state index >= 15 is 0 Å². The molecule has 0 saturated heterocycles.